The van der Waals surface area contributed by atoms with Crippen LogP contribution >= 0.6 is 0 Å². The molecule has 0 saturated carbocycles. The number of anilines is 1. The van der Waals surface area contributed by atoms with Crippen LogP contribution in [-0.2, 0) is 20.9 Å². The minimum absolute atomic E-state index is 0.00533. The standard InChI is InChI=1S/C28H35N3O6/c1-5-10-23(29-26(34)36-19-20-11-7-6-8-12-20)21-13-9-14-22(17-21)31-16-15-30(18-24(31)25(32)33)27(35)37-28(2,3)4/h5-9,11-14,17,23-24H,1,10,15-16,18-19H2,2-4H3,(H,29,34)(H,32,33)/t23?,24-/m0/s1. The summed E-state index contributed by atoms with van der Waals surface area (Å²) in [6.07, 6.45) is 1.07. The van der Waals surface area contributed by atoms with Crippen molar-refractivity contribution in [2.24, 2.45) is 0 Å². The van der Waals surface area contributed by atoms with Crippen LogP contribution in [0, 0.1) is 0 Å². The summed E-state index contributed by atoms with van der Waals surface area (Å²) >= 11 is 0. The zero-order valence-corrected chi connectivity index (χ0v) is 21.6. The number of benzene rings is 2. The molecule has 0 aromatic heterocycles. The number of aliphatic carboxylic acids is 1. The van der Waals surface area contributed by atoms with E-state index < -0.39 is 35.8 Å². The number of piperazine rings is 1. The Kier molecular flexibility index (Phi) is 9.16. The van der Waals surface area contributed by atoms with Crippen molar-refractivity contribution in [1.29, 1.82) is 0 Å². The highest BCUT2D eigenvalue weighted by atomic mass is 16.6. The number of alkyl carbamates (subject to hydrolysis) is 1. The number of hydrogen-bond acceptors (Lipinski definition) is 6. The smallest absolute Gasteiger partial charge is 0.410 e. The summed E-state index contributed by atoms with van der Waals surface area (Å²) in [4.78, 5) is 40.3. The molecule has 1 aliphatic heterocycles. The minimum atomic E-state index is -1.04. The van der Waals surface area contributed by atoms with Crippen LogP contribution in [0.2, 0.25) is 0 Å². The van der Waals surface area contributed by atoms with Crippen LogP contribution in [0.1, 0.15) is 44.4 Å². The van der Waals surface area contributed by atoms with Crippen molar-refractivity contribution in [3.05, 3.63) is 78.4 Å². The normalized spacial score (nSPS) is 16.5. The Morgan fingerprint density at radius 3 is 2.51 bits per heavy atom. The van der Waals surface area contributed by atoms with Crippen molar-refractivity contribution in [3.8, 4) is 0 Å². The molecule has 9 heteroatoms. The van der Waals surface area contributed by atoms with E-state index in [4.69, 9.17) is 9.47 Å². The fraction of sp³-hybridized carbons (Fsp3) is 0.393. The third kappa shape index (κ3) is 7.99. The first-order chi connectivity index (χ1) is 17.6. The number of nitrogens with zero attached hydrogens (tertiary/aromatic N) is 2. The first-order valence-corrected chi connectivity index (χ1v) is 12.2. The van der Waals surface area contributed by atoms with Crippen molar-refractivity contribution in [2.75, 3.05) is 24.5 Å². The molecule has 1 saturated heterocycles. The average Bonchev–Trinajstić information content (AvgIpc) is 2.86. The average molecular weight is 510 g/mol. The van der Waals surface area contributed by atoms with Crippen molar-refractivity contribution < 1.29 is 29.0 Å². The highest BCUT2D eigenvalue weighted by molar-refractivity contribution is 5.80. The van der Waals surface area contributed by atoms with E-state index in [9.17, 15) is 19.5 Å². The molecule has 1 fully saturated rings. The summed E-state index contributed by atoms with van der Waals surface area (Å²) in [5.41, 5.74) is 1.68. The van der Waals surface area contributed by atoms with Gasteiger partial charge in [0.05, 0.1) is 12.6 Å². The van der Waals surface area contributed by atoms with E-state index in [0.29, 0.717) is 25.2 Å². The van der Waals surface area contributed by atoms with Gasteiger partial charge in [0.2, 0.25) is 0 Å². The molecule has 2 atom stereocenters. The lowest BCUT2D eigenvalue weighted by atomic mass is 10.0. The van der Waals surface area contributed by atoms with Gasteiger partial charge in [0.1, 0.15) is 18.2 Å². The Hall–Kier alpha value is -4.01. The first-order valence-electron chi connectivity index (χ1n) is 12.2. The second-order valence-corrected chi connectivity index (χ2v) is 9.85. The van der Waals surface area contributed by atoms with Gasteiger partial charge in [0.15, 0.2) is 0 Å². The van der Waals surface area contributed by atoms with E-state index in [1.54, 1.807) is 31.7 Å². The Bertz CT molecular complexity index is 1100. The molecule has 1 aliphatic rings. The molecule has 1 unspecified atom stereocenters. The number of rotatable bonds is 8. The molecule has 2 aromatic carbocycles. The van der Waals surface area contributed by atoms with Crippen molar-refractivity contribution >= 4 is 23.8 Å². The van der Waals surface area contributed by atoms with Crippen LogP contribution in [0.25, 0.3) is 0 Å². The zero-order chi connectivity index (χ0) is 27.0. The Morgan fingerprint density at radius 1 is 1.14 bits per heavy atom. The Labute approximate surface area is 217 Å². The maximum absolute atomic E-state index is 12.5. The summed E-state index contributed by atoms with van der Waals surface area (Å²) in [6, 6.07) is 15.4. The first kappa shape index (κ1) is 27.6. The number of ether oxygens (including phenoxy) is 2. The molecule has 0 aliphatic carbocycles. The summed E-state index contributed by atoms with van der Waals surface area (Å²) < 4.78 is 10.8. The summed E-state index contributed by atoms with van der Waals surface area (Å²) in [7, 11) is 0. The molecule has 0 bridgehead atoms. The third-order valence-electron chi connectivity index (χ3n) is 5.83. The monoisotopic (exact) mass is 509 g/mol. The van der Waals surface area contributed by atoms with Gasteiger partial charge in [0, 0.05) is 18.8 Å². The summed E-state index contributed by atoms with van der Waals surface area (Å²) in [5.74, 6) is -1.04. The van der Waals surface area contributed by atoms with Crippen LogP contribution in [0.4, 0.5) is 15.3 Å². The van der Waals surface area contributed by atoms with Crippen LogP contribution in [0.15, 0.2) is 67.3 Å². The van der Waals surface area contributed by atoms with E-state index in [1.165, 1.54) is 4.90 Å². The molecule has 2 N–H and O–H groups in total. The van der Waals surface area contributed by atoms with Gasteiger partial charge in [-0.2, -0.15) is 0 Å². The molecular weight excluding hydrogens is 474 g/mol. The second-order valence-electron chi connectivity index (χ2n) is 9.85. The lowest BCUT2D eigenvalue weighted by Gasteiger charge is -2.41. The molecule has 2 aromatic rings. The van der Waals surface area contributed by atoms with Crippen LogP contribution in [0.5, 0.6) is 0 Å². The molecule has 0 radical (unpaired) electrons. The van der Waals surface area contributed by atoms with Crippen LogP contribution in [0.3, 0.4) is 0 Å². The largest absolute Gasteiger partial charge is 0.480 e. The Morgan fingerprint density at radius 2 is 1.86 bits per heavy atom. The summed E-state index contributed by atoms with van der Waals surface area (Å²) in [5, 5.41) is 12.8. The molecule has 2 amide bonds. The van der Waals surface area contributed by atoms with Gasteiger partial charge in [-0.3, -0.25) is 0 Å². The van der Waals surface area contributed by atoms with E-state index in [1.807, 2.05) is 54.6 Å². The predicted octanol–water partition coefficient (Wildman–Crippen LogP) is 4.74. The third-order valence-corrected chi connectivity index (χ3v) is 5.83. The fourth-order valence-electron chi connectivity index (χ4n) is 4.07. The SMILES string of the molecule is C=CCC(NC(=O)OCc1ccccc1)c1cccc(N2CCN(C(=O)OC(C)(C)C)C[C@H]2C(=O)O)c1. The number of nitrogens with one attached hydrogen (secondary N) is 1. The maximum atomic E-state index is 12.5. The molecule has 9 nitrogen and oxygen atoms in total. The number of carbonyl (C=O) groups excluding carboxylic acids is 2. The van der Waals surface area contributed by atoms with Gasteiger partial charge in [0.25, 0.3) is 0 Å². The van der Waals surface area contributed by atoms with Crippen LogP contribution in [-0.4, -0.2) is 59.4 Å². The topological polar surface area (TPSA) is 108 Å². The van der Waals surface area contributed by atoms with Gasteiger partial charge in [-0.1, -0.05) is 48.5 Å². The molecule has 1 heterocycles. The predicted molar refractivity (Wildman–Crippen MR) is 140 cm³/mol. The van der Waals surface area contributed by atoms with Gasteiger partial charge in [-0.15, -0.1) is 6.58 Å². The highest BCUT2D eigenvalue weighted by Crippen LogP contribution is 2.27. The fourth-order valence-corrected chi connectivity index (χ4v) is 4.07. The molecule has 198 valence electrons. The number of amides is 2. The van der Waals surface area contributed by atoms with E-state index in [0.717, 1.165) is 11.1 Å². The second kappa shape index (κ2) is 12.3. The van der Waals surface area contributed by atoms with E-state index >= 15 is 0 Å². The minimum Gasteiger partial charge on any atom is -0.480 e. The number of carboxylic acids is 1. The zero-order valence-electron chi connectivity index (χ0n) is 21.6. The number of carbonyl (C=O) groups is 3. The quantitative estimate of drug-likeness (QED) is 0.495. The molecular formula is C28H35N3O6. The Balaban J connectivity index is 1.72. The lowest BCUT2D eigenvalue weighted by molar-refractivity contribution is -0.139. The molecule has 37 heavy (non-hydrogen) atoms. The molecule has 0 spiro atoms. The van der Waals surface area contributed by atoms with Gasteiger partial charge in [-0.25, -0.2) is 14.4 Å². The van der Waals surface area contributed by atoms with Gasteiger partial charge in [-0.05, 0) is 50.5 Å². The van der Waals surface area contributed by atoms with E-state index in [2.05, 4.69) is 11.9 Å². The number of hydrogen-bond donors (Lipinski definition) is 2. The van der Waals surface area contributed by atoms with Crippen LogP contribution < -0.4 is 10.2 Å². The summed E-state index contributed by atoms with van der Waals surface area (Å²) in [6.45, 7) is 9.89. The highest BCUT2D eigenvalue weighted by Gasteiger charge is 2.36. The molecule has 3 rings (SSSR count). The lowest BCUT2D eigenvalue weighted by Crippen LogP contribution is -2.58. The van der Waals surface area contributed by atoms with E-state index in [-0.39, 0.29) is 13.2 Å². The van der Waals surface area contributed by atoms with Crippen molar-refractivity contribution in [3.63, 3.8) is 0 Å². The van der Waals surface area contributed by atoms with Gasteiger partial charge >= 0.3 is 18.2 Å². The van der Waals surface area contributed by atoms with Crippen molar-refractivity contribution in [1.82, 2.24) is 10.2 Å². The number of carboxylic acid groups (broad SMARTS) is 1. The maximum Gasteiger partial charge on any atom is 0.410 e. The van der Waals surface area contributed by atoms with Crippen molar-refractivity contribution in [2.45, 2.75) is 51.5 Å². The van der Waals surface area contributed by atoms with Gasteiger partial charge < -0.3 is 29.7 Å².